The highest BCUT2D eigenvalue weighted by atomic mass is 32.2. The van der Waals surface area contributed by atoms with Crippen LogP contribution in [-0.4, -0.2) is 5.91 Å². The number of thiophene rings is 1. The highest BCUT2D eigenvalue weighted by Gasteiger charge is 2.24. The highest BCUT2D eigenvalue weighted by Crippen LogP contribution is 2.39. The molecule has 0 aliphatic rings. The van der Waals surface area contributed by atoms with Crippen LogP contribution in [0.15, 0.2) is 89.1 Å². The fourth-order valence-corrected chi connectivity index (χ4v) is 5.21. The number of hydrogen-bond acceptors (Lipinski definition) is 5. The molecule has 1 amide bonds. The van der Waals surface area contributed by atoms with E-state index in [2.05, 4.69) is 11.4 Å². The number of carbonyl (C=O) groups is 1. The third-order valence-electron chi connectivity index (χ3n) is 4.98. The molecule has 0 spiro atoms. The monoisotopic (exact) mass is 455 g/mol. The zero-order valence-electron chi connectivity index (χ0n) is 17.4. The number of benzene rings is 3. The van der Waals surface area contributed by atoms with Crippen LogP contribution in [0.5, 0.6) is 0 Å². The van der Waals surface area contributed by atoms with E-state index in [1.54, 1.807) is 0 Å². The summed E-state index contributed by atoms with van der Waals surface area (Å²) < 4.78 is 0. The Kier molecular flexibility index (Phi) is 6.60. The molecule has 0 saturated heterocycles. The van der Waals surface area contributed by atoms with Gasteiger partial charge in [-0.15, -0.1) is 23.1 Å². The van der Waals surface area contributed by atoms with Crippen molar-refractivity contribution in [2.24, 2.45) is 0 Å². The Bertz CT molecular complexity index is 1260. The van der Waals surface area contributed by atoms with Gasteiger partial charge in [0.25, 0.3) is 0 Å². The van der Waals surface area contributed by atoms with E-state index in [9.17, 15) is 10.1 Å². The van der Waals surface area contributed by atoms with E-state index in [0.29, 0.717) is 16.3 Å². The third-order valence-corrected chi connectivity index (χ3v) is 7.14. The molecule has 0 aliphatic carbocycles. The second kappa shape index (κ2) is 9.73. The Labute approximate surface area is 195 Å². The summed E-state index contributed by atoms with van der Waals surface area (Å²) >= 11 is 2.82. The van der Waals surface area contributed by atoms with E-state index in [1.165, 1.54) is 23.1 Å². The van der Waals surface area contributed by atoms with Crippen LogP contribution in [-0.2, 0) is 4.79 Å². The first kappa shape index (κ1) is 21.7. The maximum absolute atomic E-state index is 13.4. The molecule has 1 aromatic heterocycles. The highest BCUT2D eigenvalue weighted by molar-refractivity contribution is 8.00. The smallest absolute Gasteiger partial charge is 0.243 e. The molecule has 3 aromatic carbocycles. The van der Waals surface area contributed by atoms with Gasteiger partial charge in [0.15, 0.2) is 0 Å². The van der Waals surface area contributed by atoms with Crippen molar-refractivity contribution >= 4 is 39.7 Å². The summed E-state index contributed by atoms with van der Waals surface area (Å²) in [4.78, 5) is 14.3. The predicted octanol–water partition coefficient (Wildman–Crippen LogP) is 6.65. The van der Waals surface area contributed by atoms with Crippen molar-refractivity contribution in [3.8, 4) is 17.2 Å². The second-order valence-corrected chi connectivity index (χ2v) is 9.36. The van der Waals surface area contributed by atoms with Crippen molar-refractivity contribution in [1.29, 1.82) is 5.26 Å². The number of amides is 1. The van der Waals surface area contributed by atoms with Crippen molar-refractivity contribution in [1.82, 2.24) is 0 Å². The standard InChI is InChI=1S/C26H21N3OS2/c1-17-7-9-18(10-8-17)23-16-31-26(22(23)15-27)29-25(30)24(19-5-3-2-4-6-19)32-21-13-11-20(28)12-14-21/h2-14,16,24H,28H2,1H3,(H,29,30). The van der Waals surface area contributed by atoms with Gasteiger partial charge in [0, 0.05) is 21.5 Å². The molecule has 4 nitrogen and oxygen atoms in total. The number of nitrogens with one attached hydrogen (secondary N) is 1. The quantitative estimate of drug-likeness (QED) is 0.252. The fraction of sp³-hybridized carbons (Fsp3) is 0.0769. The topological polar surface area (TPSA) is 78.9 Å². The molecule has 1 heterocycles. The lowest BCUT2D eigenvalue weighted by Gasteiger charge is -2.17. The number of rotatable bonds is 6. The van der Waals surface area contributed by atoms with Crippen LogP contribution in [0, 0.1) is 18.3 Å². The molecule has 0 radical (unpaired) electrons. The van der Waals surface area contributed by atoms with Gasteiger partial charge in [-0.25, -0.2) is 0 Å². The third kappa shape index (κ3) is 4.86. The maximum atomic E-state index is 13.4. The van der Waals surface area contributed by atoms with Crippen LogP contribution >= 0.6 is 23.1 Å². The number of carbonyl (C=O) groups excluding carboxylic acids is 1. The zero-order valence-corrected chi connectivity index (χ0v) is 19.0. The Morgan fingerprint density at radius 3 is 2.38 bits per heavy atom. The van der Waals surface area contributed by atoms with E-state index in [-0.39, 0.29) is 5.91 Å². The van der Waals surface area contributed by atoms with Gasteiger partial charge in [-0.3, -0.25) is 4.79 Å². The van der Waals surface area contributed by atoms with E-state index in [1.807, 2.05) is 91.2 Å². The van der Waals surface area contributed by atoms with Crippen LogP contribution < -0.4 is 11.1 Å². The number of nitriles is 1. The van der Waals surface area contributed by atoms with Gasteiger partial charge in [0.2, 0.25) is 5.91 Å². The van der Waals surface area contributed by atoms with Crippen molar-refractivity contribution in [2.45, 2.75) is 17.1 Å². The molecule has 4 rings (SSSR count). The second-order valence-electron chi connectivity index (χ2n) is 7.30. The Hall–Kier alpha value is -3.53. The van der Waals surface area contributed by atoms with Gasteiger partial charge in [0.1, 0.15) is 16.3 Å². The van der Waals surface area contributed by atoms with Gasteiger partial charge in [-0.2, -0.15) is 5.26 Å². The summed E-state index contributed by atoms with van der Waals surface area (Å²) in [6, 6.07) is 27.4. The van der Waals surface area contributed by atoms with Crippen LogP contribution in [0.2, 0.25) is 0 Å². The van der Waals surface area contributed by atoms with Crippen LogP contribution in [0.4, 0.5) is 10.7 Å². The molecule has 3 N–H and O–H groups in total. The fourth-order valence-electron chi connectivity index (χ4n) is 3.27. The minimum Gasteiger partial charge on any atom is -0.399 e. The summed E-state index contributed by atoms with van der Waals surface area (Å²) in [5.41, 5.74) is 10.8. The SMILES string of the molecule is Cc1ccc(-c2csc(NC(=O)C(Sc3ccc(N)cc3)c3ccccc3)c2C#N)cc1. The number of aryl methyl sites for hydroxylation is 1. The van der Waals surface area contributed by atoms with Gasteiger partial charge in [0.05, 0.1) is 5.56 Å². The maximum Gasteiger partial charge on any atom is 0.243 e. The molecular weight excluding hydrogens is 434 g/mol. The molecule has 1 atom stereocenters. The number of nitrogens with zero attached hydrogens (tertiary/aromatic N) is 1. The Balaban J connectivity index is 1.63. The minimum atomic E-state index is -0.476. The van der Waals surface area contributed by atoms with Gasteiger partial charge in [-0.1, -0.05) is 60.2 Å². The number of nitrogen functional groups attached to an aromatic ring is 1. The lowest BCUT2D eigenvalue weighted by molar-refractivity contribution is -0.115. The molecule has 4 aromatic rings. The predicted molar refractivity (Wildman–Crippen MR) is 134 cm³/mol. The van der Waals surface area contributed by atoms with Crippen LogP contribution in [0.25, 0.3) is 11.1 Å². The van der Waals surface area contributed by atoms with Crippen LogP contribution in [0.1, 0.15) is 21.9 Å². The summed E-state index contributed by atoms with van der Waals surface area (Å²) in [6.07, 6.45) is 0. The molecule has 32 heavy (non-hydrogen) atoms. The lowest BCUT2D eigenvalue weighted by Crippen LogP contribution is -2.19. The number of thioether (sulfide) groups is 1. The first-order valence-corrected chi connectivity index (χ1v) is 11.8. The number of nitrogens with two attached hydrogens (primary N) is 1. The number of anilines is 2. The van der Waals surface area contributed by atoms with Gasteiger partial charge < -0.3 is 11.1 Å². The zero-order chi connectivity index (χ0) is 22.5. The summed E-state index contributed by atoms with van der Waals surface area (Å²) in [5, 5.41) is 14.8. The Morgan fingerprint density at radius 2 is 1.72 bits per heavy atom. The van der Waals surface area contributed by atoms with Crippen molar-refractivity contribution < 1.29 is 4.79 Å². The number of hydrogen-bond donors (Lipinski definition) is 2. The van der Waals surface area contributed by atoms with Gasteiger partial charge in [-0.05, 0) is 42.3 Å². The van der Waals surface area contributed by atoms with Crippen molar-refractivity contribution in [3.05, 3.63) is 101 Å². The molecule has 158 valence electrons. The summed E-state index contributed by atoms with van der Waals surface area (Å²) in [5.74, 6) is -0.174. The summed E-state index contributed by atoms with van der Waals surface area (Å²) in [7, 11) is 0. The van der Waals surface area contributed by atoms with E-state index in [4.69, 9.17) is 5.73 Å². The normalized spacial score (nSPS) is 11.5. The minimum absolute atomic E-state index is 0.174. The van der Waals surface area contributed by atoms with Crippen molar-refractivity contribution in [3.63, 3.8) is 0 Å². The average molecular weight is 456 g/mol. The largest absolute Gasteiger partial charge is 0.399 e. The molecule has 1 unspecified atom stereocenters. The first-order valence-electron chi connectivity index (χ1n) is 10.0. The molecular formula is C26H21N3OS2. The van der Waals surface area contributed by atoms with E-state index < -0.39 is 5.25 Å². The Morgan fingerprint density at radius 1 is 1.03 bits per heavy atom. The summed E-state index contributed by atoms with van der Waals surface area (Å²) in [6.45, 7) is 2.02. The van der Waals surface area contributed by atoms with Gasteiger partial charge >= 0.3 is 0 Å². The molecule has 0 bridgehead atoms. The molecule has 0 fully saturated rings. The van der Waals surface area contributed by atoms with E-state index in [0.717, 1.165) is 27.1 Å². The van der Waals surface area contributed by atoms with Crippen molar-refractivity contribution in [2.75, 3.05) is 11.1 Å². The molecule has 0 aliphatic heterocycles. The molecule has 6 heteroatoms. The van der Waals surface area contributed by atoms with Crippen LogP contribution in [0.3, 0.4) is 0 Å². The first-order chi connectivity index (χ1) is 15.5. The van der Waals surface area contributed by atoms with E-state index >= 15 is 0 Å². The molecule has 0 saturated carbocycles. The average Bonchev–Trinajstić information content (AvgIpc) is 3.22. The lowest BCUT2D eigenvalue weighted by atomic mass is 10.0.